The van der Waals surface area contributed by atoms with Crippen molar-refractivity contribution in [3.05, 3.63) is 12.7 Å². The average Bonchev–Trinajstić information content (AvgIpc) is 2.62. The van der Waals surface area contributed by atoms with Gasteiger partial charge in [-0.25, -0.2) is 0 Å². The fourth-order valence-corrected chi connectivity index (χ4v) is 2.07. The Labute approximate surface area is 93.4 Å². The molecule has 1 heterocycles. The largest absolute Gasteiger partial charge is 0.481 e. The van der Waals surface area contributed by atoms with Gasteiger partial charge in [-0.1, -0.05) is 29.7 Å². The summed E-state index contributed by atoms with van der Waals surface area (Å²) in [7, 11) is 0. The molecule has 0 spiro atoms. The maximum absolute atomic E-state index is 10.9. The molecule has 1 aromatic heterocycles. The van der Waals surface area contributed by atoms with Gasteiger partial charge in [0, 0.05) is 0 Å². The second-order valence-corrected chi connectivity index (χ2v) is 4.45. The van der Waals surface area contributed by atoms with Gasteiger partial charge in [0.1, 0.15) is 0 Å². The number of carbonyl (C=O) groups is 2. The molecule has 6 nitrogen and oxygen atoms in total. The monoisotopic (exact) mass is 245 g/mol. The maximum Gasteiger partial charge on any atom is 0.313 e. The molecule has 0 atom stereocenters. The summed E-state index contributed by atoms with van der Waals surface area (Å²) in [6.45, 7) is 3.28. The summed E-state index contributed by atoms with van der Waals surface area (Å²) in [5, 5.41) is 18.5. The quantitative estimate of drug-likeness (QED) is 0.453. The van der Waals surface area contributed by atoms with Crippen LogP contribution >= 0.6 is 23.1 Å². The standard InChI is InChI=1S/C7H7N3O3S2/c1-2-4(11)8-6-9-10-7(15-6)14-3-5(12)13/h2H,1,3H2,(H,12,13)(H,8,9,11). The molecule has 0 aliphatic heterocycles. The van der Waals surface area contributed by atoms with Crippen molar-refractivity contribution < 1.29 is 14.7 Å². The minimum Gasteiger partial charge on any atom is -0.481 e. The van der Waals surface area contributed by atoms with E-state index in [1.165, 1.54) is 0 Å². The molecule has 0 aliphatic carbocycles. The number of thioether (sulfide) groups is 1. The number of anilines is 1. The number of nitrogens with one attached hydrogen (secondary N) is 1. The van der Waals surface area contributed by atoms with Gasteiger partial charge in [0.2, 0.25) is 11.0 Å². The van der Waals surface area contributed by atoms with Crippen molar-refractivity contribution in [3.63, 3.8) is 0 Å². The van der Waals surface area contributed by atoms with Gasteiger partial charge in [0.15, 0.2) is 4.34 Å². The smallest absolute Gasteiger partial charge is 0.313 e. The van der Waals surface area contributed by atoms with E-state index in [4.69, 9.17) is 5.11 Å². The number of hydrogen-bond donors (Lipinski definition) is 2. The highest BCUT2D eigenvalue weighted by molar-refractivity contribution is 8.01. The van der Waals surface area contributed by atoms with E-state index in [0.29, 0.717) is 9.47 Å². The highest BCUT2D eigenvalue weighted by atomic mass is 32.2. The molecule has 1 rings (SSSR count). The first-order valence-corrected chi connectivity index (χ1v) is 5.53. The molecule has 0 saturated carbocycles. The van der Waals surface area contributed by atoms with Crippen LogP contribution in [-0.2, 0) is 9.59 Å². The summed E-state index contributed by atoms with van der Waals surface area (Å²) in [6, 6.07) is 0. The Morgan fingerprint density at radius 1 is 1.60 bits per heavy atom. The van der Waals surface area contributed by atoms with Crippen molar-refractivity contribution in [1.29, 1.82) is 0 Å². The van der Waals surface area contributed by atoms with Crippen LogP contribution in [0.1, 0.15) is 0 Å². The molecular weight excluding hydrogens is 238 g/mol. The first-order chi connectivity index (χ1) is 7.11. The van der Waals surface area contributed by atoms with E-state index < -0.39 is 5.97 Å². The van der Waals surface area contributed by atoms with Gasteiger partial charge < -0.3 is 5.11 Å². The van der Waals surface area contributed by atoms with Crippen LogP contribution < -0.4 is 5.32 Å². The minimum atomic E-state index is -0.924. The number of carboxylic acids is 1. The summed E-state index contributed by atoms with van der Waals surface area (Å²) in [6.07, 6.45) is 1.12. The maximum atomic E-state index is 10.9. The molecule has 1 aromatic rings. The Kier molecular flexibility index (Phi) is 4.25. The van der Waals surface area contributed by atoms with Crippen molar-refractivity contribution in [1.82, 2.24) is 10.2 Å². The molecule has 15 heavy (non-hydrogen) atoms. The lowest BCUT2D eigenvalue weighted by Crippen LogP contribution is -2.06. The Morgan fingerprint density at radius 2 is 2.33 bits per heavy atom. The summed E-state index contributed by atoms with van der Waals surface area (Å²) in [4.78, 5) is 21.1. The van der Waals surface area contributed by atoms with Crippen molar-refractivity contribution >= 4 is 40.1 Å². The van der Waals surface area contributed by atoms with E-state index >= 15 is 0 Å². The third-order valence-electron chi connectivity index (χ3n) is 1.14. The second-order valence-electron chi connectivity index (χ2n) is 2.25. The van der Waals surface area contributed by atoms with Gasteiger partial charge in [-0.3, -0.25) is 14.9 Å². The number of carboxylic acid groups (broad SMARTS) is 1. The lowest BCUT2D eigenvalue weighted by molar-refractivity contribution is -0.133. The van der Waals surface area contributed by atoms with Gasteiger partial charge in [-0.15, -0.1) is 10.2 Å². The zero-order chi connectivity index (χ0) is 11.3. The number of aliphatic carboxylic acids is 1. The predicted molar refractivity (Wildman–Crippen MR) is 57.1 cm³/mol. The first-order valence-electron chi connectivity index (χ1n) is 3.73. The molecule has 0 unspecified atom stereocenters. The summed E-state index contributed by atoms with van der Waals surface area (Å²) in [5.41, 5.74) is 0. The van der Waals surface area contributed by atoms with Crippen LogP contribution in [0.5, 0.6) is 0 Å². The molecule has 0 saturated heterocycles. The summed E-state index contributed by atoms with van der Waals surface area (Å²) < 4.78 is 0.497. The lowest BCUT2D eigenvalue weighted by Gasteiger charge is -1.92. The van der Waals surface area contributed by atoms with Crippen LogP contribution in [0.2, 0.25) is 0 Å². The van der Waals surface area contributed by atoms with Crippen LogP contribution in [0, 0.1) is 0 Å². The number of aromatic nitrogens is 2. The van der Waals surface area contributed by atoms with Gasteiger partial charge in [-0.05, 0) is 6.08 Å². The van der Waals surface area contributed by atoms with Gasteiger partial charge >= 0.3 is 5.97 Å². The van der Waals surface area contributed by atoms with E-state index in [9.17, 15) is 9.59 Å². The molecule has 0 fully saturated rings. The predicted octanol–water partition coefficient (Wildman–Crippen LogP) is 0.839. The molecule has 80 valence electrons. The molecule has 2 N–H and O–H groups in total. The highest BCUT2D eigenvalue weighted by Crippen LogP contribution is 2.24. The van der Waals surface area contributed by atoms with E-state index in [0.717, 1.165) is 29.2 Å². The van der Waals surface area contributed by atoms with Gasteiger partial charge in [0.25, 0.3) is 0 Å². The van der Waals surface area contributed by atoms with Crippen LogP contribution in [-0.4, -0.2) is 32.9 Å². The van der Waals surface area contributed by atoms with Crippen molar-refractivity contribution in [2.45, 2.75) is 4.34 Å². The molecule has 1 amide bonds. The number of carbonyl (C=O) groups excluding carboxylic acids is 1. The molecule has 8 heteroatoms. The van der Waals surface area contributed by atoms with Gasteiger partial charge in [0.05, 0.1) is 5.75 Å². The Morgan fingerprint density at radius 3 is 2.93 bits per heavy atom. The zero-order valence-electron chi connectivity index (χ0n) is 7.47. The lowest BCUT2D eigenvalue weighted by atomic mass is 10.6. The molecule has 0 aromatic carbocycles. The van der Waals surface area contributed by atoms with E-state index in [-0.39, 0.29) is 11.7 Å². The summed E-state index contributed by atoms with van der Waals surface area (Å²) in [5.74, 6) is -1.38. The van der Waals surface area contributed by atoms with E-state index in [2.05, 4.69) is 22.1 Å². The van der Waals surface area contributed by atoms with Crippen molar-refractivity contribution in [3.8, 4) is 0 Å². The Hall–Kier alpha value is -1.41. The zero-order valence-corrected chi connectivity index (χ0v) is 9.10. The summed E-state index contributed by atoms with van der Waals surface area (Å²) >= 11 is 2.17. The topological polar surface area (TPSA) is 92.2 Å². The highest BCUT2D eigenvalue weighted by Gasteiger charge is 2.07. The van der Waals surface area contributed by atoms with Crippen LogP contribution in [0.15, 0.2) is 17.0 Å². The molecule has 0 radical (unpaired) electrons. The Bertz CT molecular complexity index is 391. The third kappa shape index (κ3) is 4.09. The average molecular weight is 245 g/mol. The number of rotatable bonds is 5. The fraction of sp³-hybridized carbons (Fsp3) is 0.143. The second kappa shape index (κ2) is 5.47. The van der Waals surface area contributed by atoms with E-state index in [1.807, 2.05) is 0 Å². The number of nitrogens with zero attached hydrogens (tertiary/aromatic N) is 2. The third-order valence-corrected chi connectivity index (χ3v) is 3.10. The van der Waals surface area contributed by atoms with Crippen LogP contribution in [0.25, 0.3) is 0 Å². The molecular formula is C7H7N3O3S2. The van der Waals surface area contributed by atoms with Crippen LogP contribution in [0.4, 0.5) is 5.13 Å². The molecule has 0 bridgehead atoms. The van der Waals surface area contributed by atoms with Crippen molar-refractivity contribution in [2.75, 3.05) is 11.1 Å². The minimum absolute atomic E-state index is 0.0793. The van der Waals surface area contributed by atoms with Crippen LogP contribution in [0.3, 0.4) is 0 Å². The number of amides is 1. The normalized spacial score (nSPS) is 9.60. The number of hydrogen-bond acceptors (Lipinski definition) is 6. The Balaban J connectivity index is 2.52. The van der Waals surface area contributed by atoms with E-state index in [1.54, 1.807) is 0 Å². The fourth-order valence-electron chi connectivity index (χ4n) is 0.599. The first kappa shape index (κ1) is 11.7. The molecule has 0 aliphatic rings. The van der Waals surface area contributed by atoms with Crippen molar-refractivity contribution in [2.24, 2.45) is 0 Å². The van der Waals surface area contributed by atoms with Gasteiger partial charge in [-0.2, -0.15) is 0 Å². The SMILES string of the molecule is C=CC(=O)Nc1nnc(SCC(=O)O)s1.